The minimum Gasteiger partial charge on any atom is -0.497 e. The summed E-state index contributed by atoms with van der Waals surface area (Å²) in [6.07, 6.45) is 0.961. The van der Waals surface area contributed by atoms with Gasteiger partial charge in [0.15, 0.2) is 6.61 Å². The van der Waals surface area contributed by atoms with Crippen LogP contribution in [0, 0.1) is 0 Å². The summed E-state index contributed by atoms with van der Waals surface area (Å²) in [5, 5.41) is 4.03. The number of amides is 1. The molecule has 1 heterocycles. The normalized spacial score (nSPS) is 10.8. The third-order valence-electron chi connectivity index (χ3n) is 4.76. The molecule has 1 aromatic heterocycles. The second kappa shape index (κ2) is 9.91. The fourth-order valence-corrected chi connectivity index (χ4v) is 2.93. The van der Waals surface area contributed by atoms with Crippen molar-refractivity contribution in [3.05, 3.63) is 60.0 Å². The molecule has 0 atom stereocenters. The van der Waals surface area contributed by atoms with Crippen LogP contribution in [0.3, 0.4) is 0 Å². The first kappa shape index (κ1) is 21.4. The summed E-state index contributed by atoms with van der Waals surface area (Å²) in [4.78, 5) is 18.8. The summed E-state index contributed by atoms with van der Waals surface area (Å²) in [6.45, 7) is 6.14. The van der Waals surface area contributed by atoms with Gasteiger partial charge in [-0.3, -0.25) is 4.79 Å². The zero-order chi connectivity index (χ0) is 21.5. The molecule has 158 valence electrons. The van der Waals surface area contributed by atoms with Crippen LogP contribution >= 0.6 is 0 Å². The van der Waals surface area contributed by atoms with Gasteiger partial charge in [0.05, 0.1) is 7.11 Å². The molecule has 0 spiro atoms. The van der Waals surface area contributed by atoms with Gasteiger partial charge in [0, 0.05) is 11.6 Å². The van der Waals surface area contributed by atoms with Crippen LogP contribution in [0.25, 0.3) is 11.4 Å². The smallest absolute Gasteiger partial charge is 0.261 e. The Bertz CT molecular complexity index is 949. The molecule has 0 bridgehead atoms. The topological polar surface area (TPSA) is 77.7 Å². The van der Waals surface area contributed by atoms with E-state index < -0.39 is 0 Å². The van der Waals surface area contributed by atoms with E-state index in [1.165, 1.54) is 5.56 Å². The molecule has 7 heteroatoms. The van der Waals surface area contributed by atoms with Crippen LogP contribution < -0.4 is 9.47 Å². The zero-order valence-corrected chi connectivity index (χ0v) is 17.8. The summed E-state index contributed by atoms with van der Waals surface area (Å²) in [5.41, 5.74) is 2.04. The van der Waals surface area contributed by atoms with Crippen LogP contribution in [0.15, 0.2) is 53.1 Å². The Morgan fingerprint density at radius 3 is 2.33 bits per heavy atom. The van der Waals surface area contributed by atoms with Crippen molar-refractivity contribution in [2.24, 2.45) is 0 Å². The number of hydrogen-bond acceptors (Lipinski definition) is 6. The summed E-state index contributed by atoms with van der Waals surface area (Å²) < 4.78 is 16.2. The lowest BCUT2D eigenvalue weighted by molar-refractivity contribution is -0.136. The van der Waals surface area contributed by atoms with E-state index in [1.54, 1.807) is 12.0 Å². The quantitative estimate of drug-likeness (QED) is 0.529. The Labute approximate surface area is 176 Å². The van der Waals surface area contributed by atoms with Gasteiger partial charge in [0.2, 0.25) is 11.7 Å². The molecule has 30 heavy (non-hydrogen) atoms. The number of rotatable bonds is 9. The molecular formula is C23H27N3O4. The molecule has 0 radical (unpaired) electrons. The highest BCUT2D eigenvalue weighted by atomic mass is 16.5. The minimum atomic E-state index is -0.145. The van der Waals surface area contributed by atoms with Crippen molar-refractivity contribution >= 4 is 5.91 Å². The first-order chi connectivity index (χ1) is 14.5. The maximum absolute atomic E-state index is 12.7. The van der Waals surface area contributed by atoms with E-state index in [9.17, 15) is 4.79 Å². The number of carbonyl (C=O) groups is 1. The molecule has 0 aliphatic rings. The van der Waals surface area contributed by atoms with Crippen LogP contribution in [0.5, 0.6) is 11.5 Å². The van der Waals surface area contributed by atoms with Crippen LogP contribution in [0.4, 0.5) is 0 Å². The summed E-state index contributed by atoms with van der Waals surface area (Å²) in [6, 6.07) is 15.1. The minimum absolute atomic E-state index is 0.0418. The molecule has 0 aliphatic heterocycles. The first-order valence-corrected chi connectivity index (χ1v) is 9.98. The molecule has 3 rings (SSSR count). The Morgan fingerprint density at radius 1 is 1.07 bits per heavy atom. The summed E-state index contributed by atoms with van der Waals surface area (Å²) in [5.74, 6) is 2.12. The third kappa shape index (κ3) is 5.37. The third-order valence-corrected chi connectivity index (χ3v) is 4.76. The largest absolute Gasteiger partial charge is 0.497 e. The number of ether oxygens (including phenoxy) is 2. The monoisotopic (exact) mass is 409 g/mol. The van der Waals surface area contributed by atoms with Gasteiger partial charge in [-0.15, -0.1) is 0 Å². The van der Waals surface area contributed by atoms with Gasteiger partial charge in [-0.1, -0.05) is 24.2 Å². The summed E-state index contributed by atoms with van der Waals surface area (Å²) >= 11 is 0. The predicted octanol–water partition coefficient (Wildman–Crippen LogP) is 4.12. The number of methoxy groups -OCH3 is 1. The first-order valence-electron chi connectivity index (χ1n) is 9.98. The molecule has 0 N–H and O–H groups in total. The van der Waals surface area contributed by atoms with Gasteiger partial charge in [0.25, 0.3) is 5.91 Å². The standard InChI is InChI=1S/C23H27N3O4/c1-5-17-6-10-20(11-7-17)29-15-22(27)26(16(2)3)14-21-24-23(25-30-21)18-8-12-19(28-4)13-9-18/h6-13,16H,5,14-15H2,1-4H3. The number of nitrogens with zero attached hydrogens (tertiary/aromatic N) is 3. The van der Waals surface area contributed by atoms with Crippen LogP contribution in [-0.2, 0) is 17.8 Å². The van der Waals surface area contributed by atoms with Gasteiger partial charge in [0.1, 0.15) is 18.0 Å². The SMILES string of the molecule is CCc1ccc(OCC(=O)N(Cc2nc(-c3ccc(OC)cc3)no2)C(C)C)cc1. The number of aromatic nitrogens is 2. The average Bonchev–Trinajstić information content (AvgIpc) is 3.24. The maximum atomic E-state index is 12.7. The van der Waals surface area contributed by atoms with Gasteiger partial charge < -0.3 is 18.9 Å². The van der Waals surface area contributed by atoms with E-state index in [0.29, 0.717) is 17.5 Å². The van der Waals surface area contributed by atoms with Crippen LogP contribution in [0.1, 0.15) is 32.2 Å². The van der Waals surface area contributed by atoms with Crippen LogP contribution in [-0.4, -0.2) is 40.7 Å². The lowest BCUT2D eigenvalue weighted by Crippen LogP contribution is -2.39. The maximum Gasteiger partial charge on any atom is 0.261 e. The number of carbonyl (C=O) groups excluding carboxylic acids is 1. The lowest BCUT2D eigenvalue weighted by atomic mass is 10.2. The fourth-order valence-electron chi connectivity index (χ4n) is 2.93. The second-order valence-electron chi connectivity index (χ2n) is 7.14. The summed E-state index contributed by atoms with van der Waals surface area (Å²) in [7, 11) is 1.61. The molecule has 2 aromatic carbocycles. The number of benzene rings is 2. The van der Waals surface area contributed by atoms with Crippen molar-refractivity contribution < 1.29 is 18.8 Å². The molecule has 1 amide bonds. The molecule has 7 nitrogen and oxygen atoms in total. The highest BCUT2D eigenvalue weighted by Gasteiger charge is 2.21. The fraction of sp³-hybridized carbons (Fsp3) is 0.348. The van der Waals surface area contributed by atoms with Crippen molar-refractivity contribution in [2.75, 3.05) is 13.7 Å². The van der Waals surface area contributed by atoms with E-state index in [2.05, 4.69) is 17.1 Å². The van der Waals surface area contributed by atoms with Crippen molar-refractivity contribution in [1.29, 1.82) is 0 Å². The van der Waals surface area contributed by atoms with E-state index in [0.717, 1.165) is 17.7 Å². The Hall–Kier alpha value is -3.35. The highest BCUT2D eigenvalue weighted by molar-refractivity contribution is 5.78. The van der Waals surface area contributed by atoms with Gasteiger partial charge in [-0.05, 0) is 62.2 Å². The Kier molecular flexibility index (Phi) is 7.06. The molecule has 0 saturated heterocycles. The Morgan fingerprint density at radius 2 is 1.73 bits per heavy atom. The van der Waals surface area contributed by atoms with Crippen molar-refractivity contribution in [1.82, 2.24) is 15.0 Å². The Balaban J connectivity index is 1.63. The molecular weight excluding hydrogens is 382 g/mol. The average molecular weight is 409 g/mol. The molecule has 0 aliphatic carbocycles. The van der Waals surface area contributed by atoms with Crippen molar-refractivity contribution in [2.45, 2.75) is 39.8 Å². The van der Waals surface area contributed by atoms with E-state index >= 15 is 0 Å². The van der Waals surface area contributed by atoms with Gasteiger partial charge in [-0.25, -0.2) is 0 Å². The molecule has 0 fully saturated rings. The van der Waals surface area contributed by atoms with Gasteiger partial charge >= 0.3 is 0 Å². The zero-order valence-electron chi connectivity index (χ0n) is 17.8. The molecule has 0 unspecified atom stereocenters. The van der Waals surface area contributed by atoms with Gasteiger partial charge in [-0.2, -0.15) is 4.98 Å². The molecule has 3 aromatic rings. The van der Waals surface area contributed by atoms with E-state index in [1.807, 2.05) is 62.4 Å². The number of aryl methyl sites for hydroxylation is 1. The lowest BCUT2D eigenvalue weighted by Gasteiger charge is -2.25. The predicted molar refractivity (Wildman–Crippen MR) is 113 cm³/mol. The van der Waals surface area contributed by atoms with Crippen molar-refractivity contribution in [3.8, 4) is 22.9 Å². The van der Waals surface area contributed by atoms with Crippen LogP contribution in [0.2, 0.25) is 0 Å². The highest BCUT2D eigenvalue weighted by Crippen LogP contribution is 2.20. The molecule has 0 saturated carbocycles. The second-order valence-corrected chi connectivity index (χ2v) is 7.14. The van der Waals surface area contributed by atoms with Crippen molar-refractivity contribution in [3.63, 3.8) is 0 Å². The number of hydrogen-bond donors (Lipinski definition) is 0. The van der Waals surface area contributed by atoms with E-state index in [4.69, 9.17) is 14.0 Å². The van der Waals surface area contributed by atoms with E-state index in [-0.39, 0.29) is 25.1 Å².